The summed E-state index contributed by atoms with van der Waals surface area (Å²) in [6.07, 6.45) is 0.453. The SMILES string of the molecule is CCC(NC(C)C(OC)OC)c1cccc([N+](=O)[O-])c1. The van der Waals surface area contributed by atoms with Crippen molar-refractivity contribution in [3.8, 4) is 0 Å². The maximum Gasteiger partial charge on any atom is 0.269 e. The normalized spacial score (nSPS) is 14.2. The van der Waals surface area contributed by atoms with Gasteiger partial charge < -0.3 is 14.8 Å². The topological polar surface area (TPSA) is 73.6 Å². The molecule has 6 nitrogen and oxygen atoms in total. The highest BCUT2D eigenvalue weighted by atomic mass is 16.7. The van der Waals surface area contributed by atoms with E-state index in [1.807, 2.05) is 19.9 Å². The minimum atomic E-state index is -0.382. The van der Waals surface area contributed by atoms with E-state index in [1.54, 1.807) is 26.4 Å². The molecule has 0 aliphatic heterocycles. The number of nitrogens with one attached hydrogen (secondary N) is 1. The predicted molar refractivity (Wildman–Crippen MR) is 76.5 cm³/mol. The van der Waals surface area contributed by atoms with E-state index < -0.39 is 0 Å². The molecule has 1 aromatic carbocycles. The second-order valence-corrected chi connectivity index (χ2v) is 4.61. The van der Waals surface area contributed by atoms with Gasteiger partial charge in [-0.2, -0.15) is 0 Å². The fraction of sp³-hybridized carbons (Fsp3) is 0.571. The molecular formula is C14H22N2O4. The van der Waals surface area contributed by atoms with Gasteiger partial charge in [0.2, 0.25) is 0 Å². The van der Waals surface area contributed by atoms with Gasteiger partial charge >= 0.3 is 0 Å². The summed E-state index contributed by atoms with van der Waals surface area (Å²) in [5.74, 6) is 0. The van der Waals surface area contributed by atoms with Crippen LogP contribution in [0.1, 0.15) is 31.9 Å². The number of hydrogen-bond acceptors (Lipinski definition) is 5. The average molecular weight is 282 g/mol. The first-order valence-electron chi connectivity index (χ1n) is 6.59. The van der Waals surface area contributed by atoms with Crippen LogP contribution in [-0.2, 0) is 9.47 Å². The Morgan fingerprint density at radius 1 is 1.35 bits per heavy atom. The average Bonchev–Trinajstić information content (AvgIpc) is 2.46. The van der Waals surface area contributed by atoms with Crippen molar-refractivity contribution in [3.05, 3.63) is 39.9 Å². The van der Waals surface area contributed by atoms with Crippen molar-refractivity contribution >= 4 is 5.69 Å². The molecule has 2 unspecified atom stereocenters. The Bertz CT molecular complexity index is 435. The van der Waals surface area contributed by atoms with Crippen molar-refractivity contribution in [3.63, 3.8) is 0 Å². The first kappa shape index (κ1) is 16.6. The number of methoxy groups -OCH3 is 2. The number of rotatable bonds is 8. The zero-order valence-electron chi connectivity index (χ0n) is 12.3. The third-order valence-electron chi connectivity index (χ3n) is 3.23. The highest BCUT2D eigenvalue weighted by molar-refractivity contribution is 5.35. The van der Waals surface area contributed by atoms with E-state index in [0.717, 1.165) is 12.0 Å². The van der Waals surface area contributed by atoms with E-state index in [4.69, 9.17) is 9.47 Å². The summed E-state index contributed by atoms with van der Waals surface area (Å²) in [5, 5.41) is 14.2. The lowest BCUT2D eigenvalue weighted by Crippen LogP contribution is -2.41. The Balaban J connectivity index is 2.85. The van der Waals surface area contributed by atoms with E-state index in [-0.39, 0.29) is 29.0 Å². The smallest absolute Gasteiger partial charge is 0.269 e. The number of nitrogens with zero attached hydrogens (tertiary/aromatic N) is 1. The van der Waals surface area contributed by atoms with Crippen molar-refractivity contribution in [2.75, 3.05) is 14.2 Å². The number of ether oxygens (including phenoxy) is 2. The maximum absolute atomic E-state index is 10.8. The molecule has 2 atom stereocenters. The summed E-state index contributed by atoms with van der Waals surface area (Å²) in [6, 6.07) is 6.66. The van der Waals surface area contributed by atoms with Crippen molar-refractivity contribution in [1.29, 1.82) is 0 Å². The molecule has 112 valence electrons. The molecule has 0 fully saturated rings. The van der Waals surface area contributed by atoms with Crippen LogP contribution in [0.5, 0.6) is 0 Å². The number of hydrogen-bond donors (Lipinski definition) is 1. The molecule has 1 rings (SSSR count). The summed E-state index contributed by atoms with van der Waals surface area (Å²) in [4.78, 5) is 10.5. The third-order valence-corrected chi connectivity index (χ3v) is 3.23. The summed E-state index contributed by atoms with van der Waals surface area (Å²) in [7, 11) is 3.17. The highest BCUT2D eigenvalue weighted by Gasteiger charge is 2.21. The molecule has 1 N–H and O–H groups in total. The van der Waals surface area contributed by atoms with Gasteiger partial charge in [-0.3, -0.25) is 10.1 Å². The first-order chi connectivity index (χ1) is 9.53. The van der Waals surface area contributed by atoms with Gasteiger partial charge in [-0.1, -0.05) is 19.1 Å². The van der Waals surface area contributed by atoms with Crippen molar-refractivity contribution in [1.82, 2.24) is 5.32 Å². The fourth-order valence-electron chi connectivity index (χ4n) is 2.21. The van der Waals surface area contributed by atoms with Crippen LogP contribution >= 0.6 is 0 Å². The molecule has 0 spiro atoms. The fourth-order valence-corrected chi connectivity index (χ4v) is 2.21. The zero-order valence-corrected chi connectivity index (χ0v) is 12.3. The number of nitro benzene ring substituents is 1. The van der Waals surface area contributed by atoms with E-state index in [2.05, 4.69) is 5.32 Å². The zero-order chi connectivity index (χ0) is 15.1. The van der Waals surface area contributed by atoms with Crippen molar-refractivity contribution in [2.45, 2.75) is 38.6 Å². The van der Waals surface area contributed by atoms with E-state index >= 15 is 0 Å². The molecule has 20 heavy (non-hydrogen) atoms. The van der Waals surface area contributed by atoms with E-state index in [0.29, 0.717) is 0 Å². The van der Waals surface area contributed by atoms with Crippen LogP contribution in [0.15, 0.2) is 24.3 Å². The van der Waals surface area contributed by atoms with Gasteiger partial charge in [-0.25, -0.2) is 0 Å². The minimum Gasteiger partial charge on any atom is -0.354 e. The summed E-state index contributed by atoms with van der Waals surface area (Å²) >= 11 is 0. The van der Waals surface area contributed by atoms with Crippen LogP contribution in [0.4, 0.5) is 5.69 Å². The number of nitro groups is 1. The number of non-ortho nitro benzene ring substituents is 1. The summed E-state index contributed by atoms with van der Waals surface area (Å²) in [5.41, 5.74) is 0.991. The Morgan fingerprint density at radius 3 is 2.50 bits per heavy atom. The van der Waals surface area contributed by atoms with Crippen molar-refractivity contribution in [2.24, 2.45) is 0 Å². The minimum absolute atomic E-state index is 0.0118. The standard InChI is InChI=1S/C14H22N2O4/c1-5-13(15-10(2)14(19-3)20-4)11-7-6-8-12(9-11)16(17)18/h6-10,13-15H,5H2,1-4H3. The summed E-state index contributed by atoms with van der Waals surface area (Å²) < 4.78 is 10.4. The van der Waals surface area contributed by atoms with Gasteiger partial charge in [0, 0.05) is 32.4 Å². The lowest BCUT2D eigenvalue weighted by molar-refractivity contribution is -0.384. The maximum atomic E-state index is 10.8. The van der Waals surface area contributed by atoms with Crippen LogP contribution in [0, 0.1) is 10.1 Å². The van der Waals surface area contributed by atoms with Crippen LogP contribution in [-0.4, -0.2) is 31.5 Å². The molecular weight excluding hydrogens is 260 g/mol. The highest BCUT2D eigenvalue weighted by Crippen LogP contribution is 2.22. The van der Waals surface area contributed by atoms with Gasteiger partial charge in [-0.05, 0) is 18.9 Å². The molecule has 1 aromatic rings. The van der Waals surface area contributed by atoms with Crippen LogP contribution in [0.25, 0.3) is 0 Å². The van der Waals surface area contributed by atoms with E-state index in [1.165, 1.54) is 6.07 Å². The Labute approximate surface area is 119 Å². The Hall–Kier alpha value is -1.50. The lowest BCUT2D eigenvalue weighted by Gasteiger charge is -2.27. The Kier molecular flexibility index (Phi) is 6.57. The van der Waals surface area contributed by atoms with Gasteiger partial charge in [0.25, 0.3) is 5.69 Å². The molecule has 0 aromatic heterocycles. The molecule has 0 heterocycles. The lowest BCUT2D eigenvalue weighted by atomic mass is 10.0. The van der Waals surface area contributed by atoms with Crippen LogP contribution < -0.4 is 5.32 Å². The predicted octanol–water partition coefficient (Wildman–Crippen LogP) is 2.64. The van der Waals surface area contributed by atoms with Gasteiger partial charge in [0.1, 0.15) is 0 Å². The summed E-state index contributed by atoms with van der Waals surface area (Å²) in [6.45, 7) is 3.98. The second-order valence-electron chi connectivity index (χ2n) is 4.61. The Morgan fingerprint density at radius 2 is 2.00 bits per heavy atom. The molecule has 0 aliphatic carbocycles. The third kappa shape index (κ3) is 4.26. The molecule has 0 radical (unpaired) electrons. The van der Waals surface area contributed by atoms with Gasteiger partial charge in [-0.15, -0.1) is 0 Å². The second kappa shape index (κ2) is 7.94. The first-order valence-corrected chi connectivity index (χ1v) is 6.59. The quantitative estimate of drug-likeness (QED) is 0.451. The van der Waals surface area contributed by atoms with Crippen molar-refractivity contribution < 1.29 is 14.4 Å². The van der Waals surface area contributed by atoms with Crippen LogP contribution in [0.3, 0.4) is 0 Å². The van der Waals surface area contributed by atoms with E-state index in [9.17, 15) is 10.1 Å². The molecule has 0 amide bonds. The molecule has 0 saturated carbocycles. The monoisotopic (exact) mass is 282 g/mol. The van der Waals surface area contributed by atoms with Gasteiger partial charge in [0.15, 0.2) is 6.29 Å². The number of benzene rings is 1. The largest absolute Gasteiger partial charge is 0.354 e. The van der Waals surface area contributed by atoms with Gasteiger partial charge in [0.05, 0.1) is 11.0 Å². The molecule has 0 bridgehead atoms. The molecule has 0 saturated heterocycles. The van der Waals surface area contributed by atoms with Crippen LogP contribution in [0.2, 0.25) is 0 Å². The molecule has 0 aliphatic rings. The molecule has 6 heteroatoms.